The summed E-state index contributed by atoms with van der Waals surface area (Å²) in [5, 5.41) is 2.13. The average Bonchev–Trinajstić information content (AvgIpc) is 2.86. The Morgan fingerprint density at radius 3 is 2.57 bits per heavy atom. The number of likely N-dealkylation sites (N-methyl/N-ethyl adjacent to an activating group) is 1. The van der Waals surface area contributed by atoms with Gasteiger partial charge in [-0.3, -0.25) is 4.90 Å². The van der Waals surface area contributed by atoms with Gasteiger partial charge in [-0.1, -0.05) is 30.3 Å². The molecule has 2 unspecified atom stereocenters. The van der Waals surface area contributed by atoms with Gasteiger partial charge in [0.2, 0.25) is 0 Å². The summed E-state index contributed by atoms with van der Waals surface area (Å²) in [6, 6.07) is 13.3. The van der Waals surface area contributed by atoms with Crippen LogP contribution in [0.3, 0.4) is 0 Å². The predicted molar refractivity (Wildman–Crippen MR) is 95.8 cm³/mol. The summed E-state index contributed by atoms with van der Waals surface area (Å²) in [4.78, 5) is 3.71. The van der Waals surface area contributed by atoms with Gasteiger partial charge in [0.1, 0.15) is 0 Å². The van der Waals surface area contributed by atoms with Gasteiger partial charge < -0.3 is 5.73 Å². The van der Waals surface area contributed by atoms with Crippen molar-refractivity contribution in [2.75, 3.05) is 13.6 Å². The molecule has 1 heterocycles. The van der Waals surface area contributed by atoms with E-state index in [9.17, 15) is 0 Å². The Morgan fingerprint density at radius 1 is 1.29 bits per heavy atom. The van der Waals surface area contributed by atoms with Crippen LogP contribution in [0, 0.1) is 0 Å². The number of nitrogens with two attached hydrogens (primary N) is 1. The van der Waals surface area contributed by atoms with Crippen LogP contribution in [-0.4, -0.2) is 24.5 Å². The van der Waals surface area contributed by atoms with Crippen molar-refractivity contribution < 1.29 is 0 Å². The highest BCUT2D eigenvalue weighted by Crippen LogP contribution is 2.30. The maximum atomic E-state index is 6.21. The molecule has 0 amide bonds. The fourth-order valence-corrected chi connectivity index (χ4v) is 4.40. The highest BCUT2D eigenvalue weighted by molar-refractivity contribution is 9.10. The molecule has 0 spiro atoms. The van der Waals surface area contributed by atoms with E-state index in [1.54, 1.807) is 11.3 Å². The van der Waals surface area contributed by atoms with Crippen LogP contribution in [0.4, 0.5) is 0 Å². The van der Waals surface area contributed by atoms with Crippen LogP contribution in [0.2, 0.25) is 0 Å². The molecular weight excluding hydrogens is 344 g/mol. The molecule has 0 aliphatic rings. The molecule has 114 valence electrons. The Hall–Kier alpha value is -0.680. The molecule has 0 aliphatic heterocycles. The van der Waals surface area contributed by atoms with Crippen molar-refractivity contribution in [3.05, 3.63) is 56.7 Å². The van der Waals surface area contributed by atoms with E-state index in [0.29, 0.717) is 0 Å². The lowest BCUT2D eigenvalue weighted by atomic mass is 10.1. The van der Waals surface area contributed by atoms with E-state index in [1.165, 1.54) is 10.4 Å². The fraction of sp³-hybridized carbons (Fsp3) is 0.412. The summed E-state index contributed by atoms with van der Waals surface area (Å²) >= 11 is 5.31. The van der Waals surface area contributed by atoms with Gasteiger partial charge in [-0.2, -0.15) is 0 Å². The van der Waals surface area contributed by atoms with Crippen molar-refractivity contribution in [2.24, 2.45) is 5.73 Å². The Bertz CT molecular complexity index is 539. The first-order chi connectivity index (χ1) is 10.1. The molecule has 0 radical (unpaired) electrons. The topological polar surface area (TPSA) is 29.3 Å². The number of hydrogen-bond donors (Lipinski definition) is 1. The summed E-state index contributed by atoms with van der Waals surface area (Å²) in [7, 11) is 2.17. The smallest absolute Gasteiger partial charge is 0.0588 e. The molecule has 2 nitrogen and oxygen atoms in total. The second-order valence-corrected chi connectivity index (χ2v) is 7.40. The lowest BCUT2D eigenvalue weighted by molar-refractivity contribution is 0.220. The molecule has 0 saturated heterocycles. The van der Waals surface area contributed by atoms with Crippen molar-refractivity contribution in [1.29, 1.82) is 0 Å². The van der Waals surface area contributed by atoms with Crippen LogP contribution in [0.25, 0.3) is 0 Å². The standard InChI is InChI=1S/C17H23BrN2S/c1-13(19)17(16-11-15(18)12-21-16)20(2)10-6-9-14-7-4-3-5-8-14/h3-5,7-8,11-13,17H,6,9-10,19H2,1-2H3. The molecule has 21 heavy (non-hydrogen) atoms. The molecular formula is C17H23BrN2S. The maximum Gasteiger partial charge on any atom is 0.0588 e. The Labute approximate surface area is 140 Å². The third kappa shape index (κ3) is 4.92. The molecule has 0 bridgehead atoms. The zero-order valence-electron chi connectivity index (χ0n) is 12.6. The van der Waals surface area contributed by atoms with E-state index in [2.05, 4.69) is 76.6 Å². The highest BCUT2D eigenvalue weighted by Gasteiger charge is 2.22. The van der Waals surface area contributed by atoms with Gasteiger partial charge in [0, 0.05) is 20.8 Å². The number of nitrogens with zero attached hydrogens (tertiary/aromatic N) is 1. The van der Waals surface area contributed by atoms with Gasteiger partial charge in [0.05, 0.1) is 6.04 Å². The van der Waals surface area contributed by atoms with Gasteiger partial charge in [-0.25, -0.2) is 0 Å². The van der Waals surface area contributed by atoms with E-state index < -0.39 is 0 Å². The van der Waals surface area contributed by atoms with Crippen LogP contribution >= 0.6 is 27.3 Å². The third-order valence-electron chi connectivity index (χ3n) is 3.67. The fourth-order valence-electron chi connectivity index (χ4n) is 2.68. The summed E-state index contributed by atoms with van der Waals surface area (Å²) in [6.45, 7) is 3.14. The lowest BCUT2D eigenvalue weighted by Crippen LogP contribution is -2.37. The highest BCUT2D eigenvalue weighted by atomic mass is 79.9. The largest absolute Gasteiger partial charge is 0.326 e. The first-order valence-corrected chi connectivity index (χ1v) is 8.99. The van der Waals surface area contributed by atoms with Crippen LogP contribution in [0.1, 0.15) is 29.8 Å². The minimum absolute atomic E-state index is 0.122. The van der Waals surface area contributed by atoms with Gasteiger partial charge >= 0.3 is 0 Å². The van der Waals surface area contributed by atoms with Crippen LogP contribution in [-0.2, 0) is 6.42 Å². The molecule has 0 fully saturated rings. The van der Waals surface area contributed by atoms with Crippen LogP contribution < -0.4 is 5.73 Å². The molecule has 2 atom stereocenters. The second kappa shape index (κ2) is 8.08. The zero-order valence-corrected chi connectivity index (χ0v) is 15.0. The van der Waals surface area contributed by atoms with Gasteiger partial charge in [0.25, 0.3) is 0 Å². The first-order valence-electron chi connectivity index (χ1n) is 7.31. The Balaban J connectivity index is 1.92. The van der Waals surface area contributed by atoms with Crippen LogP contribution in [0.5, 0.6) is 0 Å². The predicted octanol–water partition coefficient (Wildman–Crippen LogP) is 4.46. The van der Waals surface area contributed by atoms with Gasteiger partial charge in [-0.15, -0.1) is 11.3 Å². The van der Waals surface area contributed by atoms with E-state index in [1.807, 2.05) is 0 Å². The Morgan fingerprint density at radius 2 is 2.00 bits per heavy atom. The number of halogens is 1. The number of rotatable bonds is 7. The molecule has 2 aromatic rings. The second-order valence-electron chi connectivity index (χ2n) is 5.54. The molecule has 1 aromatic carbocycles. The summed E-state index contributed by atoms with van der Waals surface area (Å²) in [6.07, 6.45) is 2.27. The average molecular weight is 367 g/mol. The normalized spacial score (nSPS) is 14.3. The minimum atomic E-state index is 0.122. The number of benzene rings is 1. The van der Waals surface area contributed by atoms with Crippen molar-refractivity contribution in [3.63, 3.8) is 0 Å². The molecule has 4 heteroatoms. The summed E-state index contributed by atoms with van der Waals surface area (Å²) < 4.78 is 1.14. The summed E-state index contributed by atoms with van der Waals surface area (Å²) in [5.74, 6) is 0. The molecule has 0 aliphatic carbocycles. The van der Waals surface area contributed by atoms with Crippen molar-refractivity contribution in [2.45, 2.75) is 31.8 Å². The quantitative estimate of drug-likeness (QED) is 0.783. The molecule has 2 N–H and O–H groups in total. The maximum absolute atomic E-state index is 6.21. The number of hydrogen-bond acceptors (Lipinski definition) is 3. The zero-order chi connectivity index (χ0) is 15.2. The van der Waals surface area contributed by atoms with Gasteiger partial charge in [0.15, 0.2) is 0 Å². The van der Waals surface area contributed by atoms with Crippen molar-refractivity contribution >= 4 is 27.3 Å². The molecule has 1 aromatic heterocycles. The van der Waals surface area contributed by atoms with Crippen LogP contribution in [0.15, 0.2) is 46.3 Å². The van der Waals surface area contributed by atoms with Gasteiger partial charge in [-0.05, 0) is 60.9 Å². The molecule has 2 rings (SSSR count). The van der Waals surface area contributed by atoms with E-state index in [0.717, 1.165) is 23.9 Å². The SMILES string of the molecule is CC(N)C(c1cc(Br)cs1)N(C)CCCc1ccccc1. The van der Waals surface area contributed by atoms with E-state index in [4.69, 9.17) is 5.73 Å². The summed E-state index contributed by atoms with van der Waals surface area (Å²) in [5.41, 5.74) is 7.62. The van der Waals surface area contributed by atoms with Crippen molar-refractivity contribution in [1.82, 2.24) is 4.90 Å². The monoisotopic (exact) mass is 366 g/mol. The van der Waals surface area contributed by atoms with E-state index in [-0.39, 0.29) is 12.1 Å². The lowest BCUT2D eigenvalue weighted by Gasteiger charge is -2.30. The Kier molecular flexibility index (Phi) is 6.42. The number of thiophene rings is 1. The first kappa shape index (κ1) is 16.7. The molecule has 0 saturated carbocycles. The third-order valence-corrected chi connectivity index (χ3v) is 5.44. The minimum Gasteiger partial charge on any atom is -0.326 e. The van der Waals surface area contributed by atoms with E-state index >= 15 is 0 Å². The van der Waals surface area contributed by atoms with Crippen molar-refractivity contribution in [3.8, 4) is 0 Å². The number of aryl methyl sites for hydroxylation is 1.